The number of hydrogen-bond donors (Lipinski definition) is 0. The molecule has 4 rings (SSSR count). The molecule has 0 unspecified atom stereocenters. The zero-order valence-electron chi connectivity index (χ0n) is 19.8. The van der Waals surface area contributed by atoms with E-state index in [1.807, 2.05) is 23.3 Å². The molecule has 178 valence electrons. The molecule has 1 aliphatic carbocycles. The topological polar surface area (TPSA) is 47.1 Å². The van der Waals surface area contributed by atoms with Crippen molar-refractivity contribution in [3.05, 3.63) is 58.5 Å². The number of carbonyl (C=O) groups is 2. The minimum atomic E-state index is -0.0174. The molecule has 0 spiro atoms. The van der Waals surface area contributed by atoms with Crippen LogP contribution in [0.4, 0.5) is 0 Å². The highest BCUT2D eigenvalue weighted by atomic mass is 32.2. The van der Waals surface area contributed by atoms with Gasteiger partial charge in [-0.25, -0.2) is 0 Å². The molecule has 0 aromatic carbocycles. The van der Waals surface area contributed by atoms with Gasteiger partial charge in [0.1, 0.15) is 0 Å². The Bertz CT molecular complexity index is 894. The fourth-order valence-corrected chi connectivity index (χ4v) is 5.83. The Morgan fingerprint density at radius 3 is 2.64 bits per heavy atom. The summed E-state index contributed by atoms with van der Waals surface area (Å²) in [6, 6.07) is 0.765. The Balaban J connectivity index is 1.30. The number of piperazine rings is 1. The minimum absolute atomic E-state index is 0.0174. The van der Waals surface area contributed by atoms with Crippen LogP contribution >= 0.6 is 11.8 Å². The third-order valence-corrected chi connectivity index (χ3v) is 8.39. The van der Waals surface area contributed by atoms with Gasteiger partial charge < -0.3 is 9.80 Å². The lowest BCUT2D eigenvalue weighted by Gasteiger charge is -2.43. The maximum atomic E-state index is 12.9. The molecule has 2 fully saturated rings. The summed E-state index contributed by atoms with van der Waals surface area (Å²) in [6.45, 7) is 14.1. The highest BCUT2D eigenvalue weighted by molar-refractivity contribution is 8.07. The largest absolute Gasteiger partial charge is 0.339 e. The molecule has 4 aliphatic rings. The van der Waals surface area contributed by atoms with Crippen LogP contribution in [0.2, 0.25) is 0 Å². The summed E-state index contributed by atoms with van der Waals surface area (Å²) in [4.78, 5) is 35.5. The van der Waals surface area contributed by atoms with Gasteiger partial charge in [0, 0.05) is 63.5 Å². The molecule has 33 heavy (non-hydrogen) atoms. The van der Waals surface area contributed by atoms with Crippen LogP contribution in [0.5, 0.6) is 0 Å². The predicted molar refractivity (Wildman–Crippen MR) is 135 cm³/mol. The van der Waals surface area contributed by atoms with Crippen molar-refractivity contribution in [2.75, 3.05) is 52.9 Å². The van der Waals surface area contributed by atoms with Gasteiger partial charge in [0.2, 0.25) is 11.8 Å². The van der Waals surface area contributed by atoms with E-state index >= 15 is 0 Å². The molecule has 0 radical (unpaired) electrons. The van der Waals surface area contributed by atoms with Gasteiger partial charge in [0.05, 0.1) is 6.54 Å². The molecular formula is C26H36N4O2S. The Hall–Kier alpha value is -2.09. The van der Waals surface area contributed by atoms with Crippen LogP contribution in [0.1, 0.15) is 32.1 Å². The summed E-state index contributed by atoms with van der Waals surface area (Å²) >= 11 is 1.68. The van der Waals surface area contributed by atoms with Crippen molar-refractivity contribution in [3.8, 4) is 0 Å². The van der Waals surface area contributed by atoms with Crippen molar-refractivity contribution in [1.82, 2.24) is 19.6 Å². The number of carbonyl (C=O) groups excluding carboxylic acids is 2. The lowest BCUT2D eigenvalue weighted by atomic mass is 9.91. The van der Waals surface area contributed by atoms with Crippen molar-refractivity contribution < 1.29 is 9.59 Å². The van der Waals surface area contributed by atoms with E-state index in [0.29, 0.717) is 13.0 Å². The molecule has 3 heterocycles. The van der Waals surface area contributed by atoms with Crippen LogP contribution in [0.25, 0.3) is 0 Å². The number of amides is 2. The number of thioether (sulfide) groups is 1. The molecule has 0 atom stereocenters. The zero-order valence-corrected chi connectivity index (χ0v) is 20.6. The number of rotatable bonds is 7. The minimum Gasteiger partial charge on any atom is -0.339 e. The second kappa shape index (κ2) is 10.9. The number of nitrogens with zero attached hydrogens (tertiary/aromatic N) is 4. The standard InChI is InChI=1S/C26H36N4O2S/c1-4-21-18-28(19-26(32)30-15-13-29(14-16-30)23-8-6-9-23)12-11-24(21)33-20(2)22-7-5-10-25(31)27(3)17-22/h4-5,10,17,23H,1-2,6-9,11-16,18-19H2,3H3. The smallest absolute Gasteiger partial charge is 0.249 e. The van der Waals surface area contributed by atoms with E-state index in [4.69, 9.17) is 0 Å². The van der Waals surface area contributed by atoms with Gasteiger partial charge in [0.25, 0.3) is 0 Å². The van der Waals surface area contributed by atoms with Crippen LogP contribution in [0.3, 0.4) is 0 Å². The van der Waals surface area contributed by atoms with E-state index in [-0.39, 0.29) is 11.8 Å². The summed E-state index contributed by atoms with van der Waals surface area (Å²) in [5, 5.41) is 0. The Morgan fingerprint density at radius 2 is 1.97 bits per heavy atom. The first-order valence-electron chi connectivity index (χ1n) is 12.0. The van der Waals surface area contributed by atoms with Gasteiger partial charge in [-0.15, -0.1) is 0 Å². The van der Waals surface area contributed by atoms with Crippen molar-refractivity contribution >= 4 is 23.6 Å². The van der Waals surface area contributed by atoms with E-state index in [1.165, 1.54) is 29.7 Å². The lowest BCUT2D eigenvalue weighted by Crippen LogP contribution is -2.55. The summed E-state index contributed by atoms with van der Waals surface area (Å²) in [5.74, 6) is 0.228. The summed E-state index contributed by atoms with van der Waals surface area (Å²) in [7, 11) is 1.77. The SMILES string of the molecule is C=CC1=C(SC(=C)C2=CN(C)C(=O)C=CC2)CCN(CC(=O)N2CCN(C3CCC3)CC2)C1. The van der Waals surface area contributed by atoms with E-state index in [1.54, 1.807) is 29.8 Å². The van der Waals surface area contributed by atoms with Crippen LogP contribution in [0.15, 0.2) is 58.5 Å². The van der Waals surface area contributed by atoms with E-state index < -0.39 is 0 Å². The maximum absolute atomic E-state index is 12.9. The molecule has 0 N–H and O–H groups in total. The Kier molecular flexibility index (Phi) is 7.94. The average Bonchev–Trinajstić information content (AvgIpc) is 2.94. The monoisotopic (exact) mass is 468 g/mol. The molecule has 0 bridgehead atoms. The summed E-state index contributed by atoms with van der Waals surface area (Å²) in [6.07, 6.45) is 12.9. The normalized spacial score (nSPS) is 23.3. The van der Waals surface area contributed by atoms with Crippen molar-refractivity contribution in [1.29, 1.82) is 0 Å². The Morgan fingerprint density at radius 1 is 1.21 bits per heavy atom. The highest BCUT2D eigenvalue weighted by Gasteiger charge is 2.30. The second-order valence-electron chi connectivity index (χ2n) is 9.35. The van der Waals surface area contributed by atoms with Crippen molar-refractivity contribution in [3.63, 3.8) is 0 Å². The maximum Gasteiger partial charge on any atom is 0.249 e. The van der Waals surface area contributed by atoms with Gasteiger partial charge in [-0.2, -0.15) is 0 Å². The van der Waals surface area contributed by atoms with Crippen molar-refractivity contribution in [2.45, 2.75) is 38.1 Å². The van der Waals surface area contributed by atoms with Crippen LogP contribution in [-0.2, 0) is 9.59 Å². The third kappa shape index (κ3) is 5.89. The van der Waals surface area contributed by atoms with Gasteiger partial charge in [0.15, 0.2) is 0 Å². The van der Waals surface area contributed by atoms with E-state index in [9.17, 15) is 9.59 Å². The highest BCUT2D eigenvalue weighted by Crippen LogP contribution is 2.38. The molecular weight excluding hydrogens is 432 g/mol. The van der Waals surface area contributed by atoms with Gasteiger partial charge in [-0.1, -0.05) is 43.5 Å². The summed E-state index contributed by atoms with van der Waals surface area (Å²) < 4.78 is 0. The fraction of sp³-hybridized carbons (Fsp3) is 0.538. The van der Waals surface area contributed by atoms with Gasteiger partial charge in [-0.05, 0) is 47.8 Å². The molecule has 0 aromatic heterocycles. The quantitative estimate of drug-likeness (QED) is 0.573. The number of hydrogen-bond acceptors (Lipinski definition) is 5. The predicted octanol–water partition coefficient (Wildman–Crippen LogP) is 3.38. The van der Waals surface area contributed by atoms with E-state index in [0.717, 1.165) is 62.2 Å². The number of allylic oxidation sites excluding steroid dienone is 2. The molecule has 1 saturated heterocycles. The summed E-state index contributed by atoms with van der Waals surface area (Å²) in [5.41, 5.74) is 2.23. The Labute approximate surface area is 202 Å². The number of likely N-dealkylation sites (N-methyl/N-ethyl adjacent to an activating group) is 1. The lowest BCUT2D eigenvalue weighted by molar-refractivity contribution is -0.134. The first kappa shape index (κ1) is 24.0. The van der Waals surface area contributed by atoms with Crippen LogP contribution in [-0.4, -0.2) is 90.3 Å². The molecule has 2 amide bonds. The van der Waals surface area contributed by atoms with Crippen LogP contribution < -0.4 is 0 Å². The van der Waals surface area contributed by atoms with Gasteiger partial charge in [-0.3, -0.25) is 19.4 Å². The van der Waals surface area contributed by atoms with Crippen molar-refractivity contribution in [2.24, 2.45) is 0 Å². The molecule has 6 nitrogen and oxygen atoms in total. The first-order valence-corrected chi connectivity index (χ1v) is 12.9. The fourth-order valence-electron chi connectivity index (χ4n) is 4.79. The second-order valence-corrected chi connectivity index (χ2v) is 10.5. The average molecular weight is 469 g/mol. The molecule has 3 aliphatic heterocycles. The van der Waals surface area contributed by atoms with E-state index in [2.05, 4.69) is 23.0 Å². The van der Waals surface area contributed by atoms with Gasteiger partial charge >= 0.3 is 0 Å². The van der Waals surface area contributed by atoms with Crippen LogP contribution in [0, 0.1) is 0 Å². The first-order chi connectivity index (χ1) is 15.9. The molecule has 0 aromatic rings. The zero-order chi connectivity index (χ0) is 23.4. The molecule has 1 saturated carbocycles. The third-order valence-electron chi connectivity index (χ3n) is 7.17. The molecule has 7 heteroatoms.